The number of ether oxygens (including phenoxy) is 1. The molecule has 1 saturated carbocycles. The largest absolute Gasteiger partial charge is 0.383 e. The summed E-state index contributed by atoms with van der Waals surface area (Å²) in [6.45, 7) is 2.64. The van der Waals surface area contributed by atoms with Crippen LogP contribution >= 0.6 is 12.4 Å². The molecule has 0 aromatic heterocycles. The van der Waals surface area contributed by atoms with Gasteiger partial charge in [-0.3, -0.25) is 4.79 Å². The molecule has 1 fully saturated rings. The molecule has 102 valence electrons. The van der Waals surface area contributed by atoms with Crippen molar-refractivity contribution in [1.29, 1.82) is 0 Å². The van der Waals surface area contributed by atoms with Gasteiger partial charge in [0.25, 0.3) is 0 Å². The fourth-order valence-electron chi connectivity index (χ4n) is 2.25. The molecule has 3 atom stereocenters. The molecule has 3 unspecified atom stereocenters. The smallest absolute Gasteiger partial charge is 0.223 e. The molecule has 17 heavy (non-hydrogen) atoms. The molecule has 0 aromatic rings. The maximum Gasteiger partial charge on any atom is 0.223 e. The molecule has 1 rings (SSSR count). The van der Waals surface area contributed by atoms with Crippen molar-refractivity contribution in [3.05, 3.63) is 0 Å². The summed E-state index contributed by atoms with van der Waals surface area (Å²) in [5.41, 5.74) is 5.88. The molecular weight excluding hydrogens is 240 g/mol. The van der Waals surface area contributed by atoms with Crippen molar-refractivity contribution in [2.45, 2.75) is 51.1 Å². The standard InChI is InChI=1S/C12H24N2O2.ClH/c1-3-11(8-16-2)14-12(15)9-5-4-6-10(13)7-9;/h9-11H,3-8,13H2,1-2H3,(H,14,15);1H. The Labute approximate surface area is 110 Å². The van der Waals surface area contributed by atoms with E-state index in [0.29, 0.717) is 6.61 Å². The van der Waals surface area contributed by atoms with Gasteiger partial charge in [0, 0.05) is 19.1 Å². The average Bonchev–Trinajstić information content (AvgIpc) is 2.28. The molecule has 0 saturated heterocycles. The quantitative estimate of drug-likeness (QED) is 0.790. The zero-order chi connectivity index (χ0) is 12.0. The Hall–Kier alpha value is -0.320. The van der Waals surface area contributed by atoms with Crippen LogP contribution in [-0.4, -0.2) is 31.7 Å². The Morgan fingerprint density at radius 1 is 1.53 bits per heavy atom. The summed E-state index contributed by atoms with van der Waals surface area (Å²) >= 11 is 0. The first-order chi connectivity index (χ1) is 7.67. The zero-order valence-electron chi connectivity index (χ0n) is 10.8. The van der Waals surface area contributed by atoms with Crippen LogP contribution in [0.3, 0.4) is 0 Å². The summed E-state index contributed by atoms with van der Waals surface area (Å²) in [4.78, 5) is 12.0. The number of carbonyl (C=O) groups excluding carboxylic acids is 1. The third-order valence-electron chi connectivity index (χ3n) is 3.29. The van der Waals surface area contributed by atoms with Crippen molar-refractivity contribution < 1.29 is 9.53 Å². The van der Waals surface area contributed by atoms with Crippen LogP contribution in [0.1, 0.15) is 39.0 Å². The maximum absolute atomic E-state index is 12.0. The molecule has 0 aromatic carbocycles. The van der Waals surface area contributed by atoms with Crippen LogP contribution in [0.2, 0.25) is 0 Å². The minimum absolute atomic E-state index is 0. The van der Waals surface area contributed by atoms with Gasteiger partial charge in [0.05, 0.1) is 12.6 Å². The van der Waals surface area contributed by atoms with Gasteiger partial charge < -0.3 is 15.8 Å². The highest BCUT2D eigenvalue weighted by atomic mass is 35.5. The van der Waals surface area contributed by atoms with E-state index in [2.05, 4.69) is 12.2 Å². The lowest BCUT2D eigenvalue weighted by atomic mass is 9.85. The van der Waals surface area contributed by atoms with E-state index >= 15 is 0 Å². The number of rotatable bonds is 5. The fraction of sp³-hybridized carbons (Fsp3) is 0.917. The van der Waals surface area contributed by atoms with Gasteiger partial charge in [-0.15, -0.1) is 12.4 Å². The van der Waals surface area contributed by atoms with Gasteiger partial charge >= 0.3 is 0 Å². The van der Waals surface area contributed by atoms with E-state index in [9.17, 15) is 4.79 Å². The van der Waals surface area contributed by atoms with E-state index in [0.717, 1.165) is 32.1 Å². The lowest BCUT2D eigenvalue weighted by Crippen LogP contribution is -2.43. The second-order valence-electron chi connectivity index (χ2n) is 4.69. The van der Waals surface area contributed by atoms with Crippen LogP contribution < -0.4 is 11.1 Å². The van der Waals surface area contributed by atoms with Crippen LogP contribution in [0, 0.1) is 5.92 Å². The maximum atomic E-state index is 12.0. The van der Waals surface area contributed by atoms with Crippen LogP contribution in [-0.2, 0) is 9.53 Å². The molecule has 0 spiro atoms. The minimum atomic E-state index is 0. The van der Waals surface area contributed by atoms with E-state index in [1.54, 1.807) is 7.11 Å². The highest BCUT2D eigenvalue weighted by Crippen LogP contribution is 2.23. The molecule has 0 radical (unpaired) electrons. The van der Waals surface area contributed by atoms with Gasteiger partial charge in [0.1, 0.15) is 0 Å². The van der Waals surface area contributed by atoms with E-state index in [1.165, 1.54) is 0 Å². The highest BCUT2D eigenvalue weighted by Gasteiger charge is 2.26. The number of halogens is 1. The molecule has 4 nitrogen and oxygen atoms in total. The van der Waals surface area contributed by atoms with E-state index in [1.807, 2.05) is 0 Å². The lowest BCUT2D eigenvalue weighted by Gasteiger charge is -2.27. The first kappa shape index (κ1) is 16.7. The molecule has 0 heterocycles. The number of methoxy groups -OCH3 is 1. The zero-order valence-corrected chi connectivity index (χ0v) is 11.6. The number of carbonyl (C=O) groups is 1. The van der Waals surface area contributed by atoms with Crippen molar-refractivity contribution in [2.75, 3.05) is 13.7 Å². The van der Waals surface area contributed by atoms with E-state index in [-0.39, 0.29) is 36.3 Å². The number of nitrogens with two attached hydrogens (primary N) is 1. The Kier molecular flexibility index (Phi) is 8.56. The summed E-state index contributed by atoms with van der Waals surface area (Å²) in [5, 5.41) is 3.04. The van der Waals surface area contributed by atoms with Gasteiger partial charge in [-0.1, -0.05) is 13.3 Å². The number of nitrogens with one attached hydrogen (secondary N) is 1. The van der Waals surface area contributed by atoms with Gasteiger partial charge in [-0.2, -0.15) is 0 Å². The minimum Gasteiger partial charge on any atom is -0.383 e. The van der Waals surface area contributed by atoms with Gasteiger partial charge in [-0.25, -0.2) is 0 Å². The number of hydrogen-bond donors (Lipinski definition) is 2. The molecule has 0 bridgehead atoms. The first-order valence-electron chi connectivity index (χ1n) is 6.22. The van der Waals surface area contributed by atoms with E-state index in [4.69, 9.17) is 10.5 Å². The molecular formula is C12H25ClN2O2. The SMILES string of the molecule is CCC(COC)NC(=O)C1CCCC(N)C1.Cl. The fourth-order valence-corrected chi connectivity index (χ4v) is 2.25. The number of hydrogen-bond acceptors (Lipinski definition) is 3. The van der Waals surface area contributed by atoms with E-state index < -0.39 is 0 Å². The predicted molar refractivity (Wildman–Crippen MR) is 71.3 cm³/mol. The monoisotopic (exact) mass is 264 g/mol. The van der Waals surface area contributed by atoms with Gasteiger partial charge in [-0.05, 0) is 25.7 Å². The second-order valence-corrected chi connectivity index (χ2v) is 4.69. The van der Waals surface area contributed by atoms with Crippen molar-refractivity contribution in [2.24, 2.45) is 11.7 Å². The Morgan fingerprint density at radius 3 is 2.76 bits per heavy atom. The van der Waals surface area contributed by atoms with Crippen molar-refractivity contribution in [1.82, 2.24) is 5.32 Å². The summed E-state index contributed by atoms with van der Waals surface area (Å²) in [6, 6.07) is 0.336. The Morgan fingerprint density at radius 2 is 2.24 bits per heavy atom. The molecule has 3 N–H and O–H groups in total. The number of amides is 1. The lowest BCUT2D eigenvalue weighted by molar-refractivity contribution is -0.127. The summed E-state index contributed by atoms with van der Waals surface area (Å²) in [6.07, 6.45) is 4.83. The first-order valence-corrected chi connectivity index (χ1v) is 6.22. The predicted octanol–water partition coefficient (Wildman–Crippen LogP) is 1.47. The van der Waals surface area contributed by atoms with Crippen LogP contribution in [0.5, 0.6) is 0 Å². The Bertz CT molecular complexity index is 227. The normalized spacial score (nSPS) is 25.8. The van der Waals surface area contributed by atoms with Crippen LogP contribution in [0.15, 0.2) is 0 Å². The summed E-state index contributed by atoms with van der Waals surface area (Å²) < 4.78 is 5.06. The molecule has 1 amide bonds. The molecule has 5 heteroatoms. The molecule has 1 aliphatic rings. The third kappa shape index (κ3) is 5.70. The summed E-state index contributed by atoms with van der Waals surface area (Å²) in [5.74, 6) is 0.258. The van der Waals surface area contributed by atoms with Crippen LogP contribution in [0.4, 0.5) is 0 Å². The highest BCUT2D eigenvalue weighted by molar-refractivity contribution is 5.85. The van der Waals surface area contributed by atoms with Crippen molar-refractivity contribution in [3.63, 3.8) is 0 Å². The van der Waals surface area contributed by atoms with Gasteiger partial charge in [0.2, 0.25) is 5.91 Å². The average molecular weight is 265 g/mol. The Balaban J connectivity index is 0.00000256. The summed E-state index contributed by atoms with van der Waals surface area (Å²) in [7, 11) is 1.66. The second kappa shape index (κ2) is 8.72. The topological polar surface area (TPSA) is 64.3 Å². The van der Waals surface area contributed by atoms with Crippen LogP contribution in [0.25, 0.3) is 0 Å². The van der Waals surface area contributed by atoms with Gasteiger partial charge in [0.15, 0.2) is 0 Å². The molecule has 0 aliphatic heterocycles. The molecule has 1 aliphatic carbocycles. The van der Waals surface area contributed by atoms with Crippen molar-refractivity contribution in [3.8, 4) is 0 Å². The third-order valence-corrected chi connectivity index (χ3v) is 3.29. The van der Waals surface area contributed by atoms with Crippen molar-refractivity contribution >= 4 is 18.3 Å².